The van der Waals surface area contributed by atoms with Gasteiger partial charge in [0, 0.05) is 11.4 Å². The first-order valence-electron chi connectivity index (χ1n) is 6.17. The van der Waals surface area contributed by atoms with Gasteiger partial charge in [0.1, 0.15) is 0 Å². The van der Waals surface area contributed by atoms with Crippen molar-refractivity contribution < 1.29 is 9.53 Å². The molecule has 0 aliphatic heterocycles. The maximum Gasteiger partial charge on any atom is 0.339 e. The lowest BCUT2D eigenvalue weighted by molar-refractivity contribution is 0.0525. The van der Waals surface area contributed by atoms with Crippen molar-refractivity contribution in [2.75, 3.05) is 6.61 Å². The molecule has 4 heteroatoms. The molecule has 1 aromatic carbocycles. The van der Waals surface area contributed by atoms with E-state index in [0.717, 1.165) is 21.5 Å². The van der Waals surface area contributed by atoms with Crippen molar-refractivity contribution in [1.82, 2.24) is 4.57 Å². The summed E-state index contributed by atoms with van der Waals surface area (Å²) in [5, 5.41) is 0. The van der Waals surface area contributed by atoms with Gasteiger partial charge in [0.05, 0.1) is 22.3 Å². The summed E-state index contributed by atoms with van der Waals surface area (Å²) in [6, 6.07) is 9.72. The van der Waals surface area contributed by atoms with Crippen molar-refractivity contribution in [3.8, 4) is 5.69 Å². The topological polar surface area (TPSA) is 31.2 Å². The molecule has 0 spiro atoms. The van der Waals surface area contributed by atoms with Crippen LogP contribution in [0.15, 0.2) is 34.8 Å². The number of hydrogen-bond donors (Lipinski definition) is 0. The number of hydrogen-bond acceptors (Lipinski definition) is 2. The third-order valence-corrected chi connectivity index (χ3v) is 3.82. The van der Waals surface area contributed by atoms with Crippen LogP contribution in [-0.4, -0.2) is 17.1 Å². The molecule has 0 N–H and O–H groups in total. The fourth-order valence-electron chi connectivity index (χ4n) is 2.11. The van der Waals surface area contributed by atoms with Gasteiger partial charge in [-0.05, 0) is 61.0 Å². The van der Waals surface area contributed by atoms with Crippen LogP contribution in [0.1, 0.15) is 28.7 Å². The molecule has 0 saturated carbocycles. The van der Waals surface area contributed by atoms with Crippen LogP contribution in [0.4, 0.5) is 0 Å². The lowest BCUT2D eigenvalue weighted by Gasteiger charge is -2.14. The first kappa shape index (κ1) is 13.9. The van der Waals surface area contributed by atoms with Crippen LogP contribution in [0.25, 0.3) is 5.69 Å². The maximum atomic E-state index is 11.9. The second kappa shape index (κ2) is 5.61. The highest BCUT2D eigenvalue weighted by molar-refractivity contribution is 9.10. The smallest absolute Gasteiger partial charge is 0.339 e. The Kier molecular flexibility index (Phi) is 4.10. The minimum absolute atomic E-state index is 0.307. The van der Waals surface area contributed by atoms with Crippen molar-refractivity contribution in [2.45, 2.75) is 20.8 Å². The lowest BCUT2D eigenvalue weighted by atomic mass is 10.2. The summed E-state index contributed by atoms with van der Waals surface area (Å²) in [6.07, 6.45) is 0. The van der Waals surface area contributed by atoms with Gasteiger partial charge in [-0.15, -0.1) is 0 Å². The van der Waals surface area contributed by atoms with Gasteiger partial charge in [0.25, 0.3) is 0 Å². The quantitative estimate of drug-likeness (QED) is 0.799. The Labute approximate surface area is 121 Å². The van der Waals surface area contributed by atoms with Gasteiger partial charge in [-0.1, -0.05) is 6.07 Å². The highest BCUT2D eigenvalue weighted by Gasteiger charge is 2.16. The predicted molar refractivity (Wildman–Crippen MR) is 78.9 cm³/mol. The first-order chi connectivity index (χ1) is 9.06. The van der Waals surface area contributed by atoms with E-state index in [9.17, 15) is 4.79 Å². The summed E-state index contributed by atoms with van der Waals surface area (Å²) in [5.74, 6) is -0.307. The van der Waals surface area contributed by atoms with Gasteiger partial charge in [0.15, 0.2) is 0 Å². The van der Waals surface area contributed by atoms with Gasteiger partial charge >= 0.3 is 5.97 Å². The van der Waals surface area contributed by atoms with E-state index >= 15 is 0 Å². The van der Waals surface area contributed by atoms with E-state index in [1.165, 1.54) is 0 Å². The number of ether oxygens (including phenoxy) is 1. The molecule has 0 aliphatic carbocycles. The Balaban J connectivity index is 2.55. The molecular weight excluding hydrogens is 306 g/mol. The van der Waals surface area contributed by atoms with E-state index in [1.807, 2.05) is 26.0 Å². The fourth-order valence-corrected chi connectivity index (χ4v) is 2.71. The van der Waals surface area contributed by atoms with Gasteiger partial charge < -0.3 is 9.30 Å². The van der Waals surface area contributed by atoms with E-state index in [2.05, 4.69) is 32.6 Å². The van der Waals surface area contributed by atoms with E-state index in [-0.39, 0.29) is 5.97 Å². The summed E-state index contributed by atoms with van der Waals surface area (Å²) in [4.78, 5) is 11.9. The van der Waals surface area contributed by atoms with Gasteiger partial charge in [-0.3, -0.25) is 0 Å². The number of aromatic nitrogens is 1. The number of nitrogens with zero attached hydrogens (tertiary/aromatic N) is 1. The van der Waals surface area contributed by atoms with Gasteiger partial charge in [0.2, 0.25) is 0 Å². The molecule has 0 aliphatic rings. The Morgan fingerprint density at radius 1 is 1.21 bits per heavy atom. The zero-order valence-corrected chi connectivity index (χ0v) is 12.8. The van der Waals surface area contributed by atoms with Crippen molar-refractivity contribution in [3.05, 3.63) is 51.8 Å². The molecular formula is C15H16BrNO2. The van der Waals surface area contributed by atoms with Crippen LogP contribution in [0.5, 0.6) is 0 Å². The number of benzene rings is 1. The molecule has 0 radical (unpaired) electrons. The fraction of sp³-hybridized carbons (Fsp3) is 0.267. The molecule has 3 nitrogen and oxygen atoms in total. The first-order valence-corrected chi connectivity index (χ1v) is 6.96. The molecule has 2 rings (SSSR count). The maximum absolute atomic E-state index is 11.9. The normalized spacial score (nSPS) is 10.5. The Bertz CT molecular complexity index is 597. The highest BCUT2D eigenvalue weighted by Crippen LogP contribution is 2.28. The molecule has 0 bridgehead atoms. The van der Waals surface area contributed by atoms with Crippen LogP contribution in [0.2, 0.25) is 0 Å². The van der Waals surface area contributed by atoms with Crippen molar-refractivity contribution in [1.29, 1.82) is 0 Å². The number of aryl methyl sites for hydroxylation is 2. The second-order valence-electron chi connectivity index (χ2n) is 4.31. The molecule has 2 aromatic rings. The minimum Gasteiger partial charge on any atom is -0.462 e. The Morgan fingerprint density at radius 2 is 1.84 bits per heavy atom. The SMILES string of the molecule is CCOC(=O)c1cccc(-n2c(C)ccc2C)c1Br. The summed E-state index contributed by atoms with van der Waals surface area (Å²) >= 11 is 3.52. The van der Waals surface area contributed by atoms with Crippen LogP contribution in [0, 0.1) is 13.8 Å². The molecule has 0 fully saturated rings. The second-order valence-corrected chi connectivity index (χ2v) is 5.10. The summed E-state index contributed by atoms with van der Waals surface area (Å²) < 4.78 is 7.93. The van der Waals surface area contributed by atoms with E-state index in [0.29, 0.717) is 12.2 Å². The predicted octanol–water partition coefficient (Wildman–Crippen LogP) is 4.03. The van der Waals surface area contributed by atoms with Gasteiger partial charge in [-0.2, -0.15) is 0 Å². The number of carbonyl (C=O) groups is 1. The molecule has 1 heterocycles. The zero-order chi connectivity index (χ0) is 14.0. The Hall–Kier alpha value is -1.55. The molecule has 100 valence electrons. The molecule has 0 saturated heterocycles. The average molecular weight is 322 g/mol. The molecule has 19 heavy (non-hydrogen) atoms. The molecule has 0 unspecified atom stereocenters. The monoisotopic (exact) mass is 321 g/mol. The van der Waals surface area contributed by atoms with Crippen molar-refractivity contribution in [3.63, 3.8) is 0 Å². The van der Waals surface area contributed by atoms with Crippen molar-refractivity contribution >= 4 is 21.9 Å². The third kappa shape index (κ3) is 2.59. The summed E-state index contributed by atoms with van der Waals surface area (Å²) in [5.41, 5.74) is 3.75. The zero-order valence-electron chi connectivity index (χ0n) is 11.2. The van der Waals surface area contributed by atoms with Gasteiger partial charge in [-0.25, -0.2) is 4.79 Å². The molecule has 1 aromatic heterocycles. The number of carbonyl (C=O) groups excluding carboxylic acids is 1. The summed E-state index contributed by atoms with van der Waals surface area (Å²) in [7, 11) is 0. The standard InChI is InChI=1S/C15H16BrNO2/c1-4-19-15(18)12-6-5-7-13(14(12)16)17-10(2)8-9-11(17)3/h5-9H,4H2,1-3H3. The average Bonchev–Trinajstić information content (AvgIpc) is 2.70. The number of esters is 1. The number of rotatable bonds is 3. The van der Waals surface area contributed by atoms with Crippen LogP contribution in [-0.2, 0) is 4.74 Å². The highest BCUT2D eigenvalue weighted by atomic mass is 79.9. The largest absolute Gasteiger partial charge is 0.462 e. The van der Waals surface area contributed by atoms with E-state index < -0.39 is 0 Å². The van der Waals surface area contributed by atoms with Crippen LogP contribution in [0.3, 0.4) is 0 Å². The Morgan fingerprint density at radius 3 is 2.42 bits per heavy atom. The third-order valence-electron chi connectivity index (χ3n) is 2.99. The lowest BCUT2D eigenvalue weighted by Crippen LogP contribution is -2.08. The minimum atomic E-state index is -0.307. The van der Waals surface area contributed by atoms with Crippen LogP contribution < -0.4 is 0 Å². The summed E-state index contributed by atoms with van der Waals surface area (Å²) in [6.45, 7) is 6.25. The van der Waals surface area contributed by atoms with Crippen molar-refractivity contribution in [2.24, 2.45) is 0 Å². The molecule has 0 atom stereocenters. The van der Waals surface area contributed by atoms with E-state index in [4.69, 9.17) is 4.74 Å². The van der Waals surface area contributed by atoms with E-state index in [1.54, 1.807) is 13.0 Å². The van der Waals surface area contributed by atoms with Crippen LogP contribution >= 0.6 is 15.9 Å². The number of halogens is 1. The molecule has 0 amide bonds.